The van der Waals surface area contributed by atoms with Crippen LogP contribution >= 0.6 is 67.8 Å². The molecule has 0 spiro atoms. The van der Waals surface area contributed by atoms with Crippen LogP contribution in [0.2, 0.25) is 0 Å². The van der Waals surface area contributed by atoms with E-state index in [1.165, 1.54) is 57.8 Å². The Bertz CT molecular complexity index is 1190. The highest BCUT2D eigenvalue weighted by Crippen LogP contribution is 2.67. The number of rotatable bonds is 11. The molecule has 5 rings (SSSR count). The van der Waals surface area contributed by atoms with Crippen LogP contribution in [0.25, 0.3) is 0 Å². The van der Waals surface area contributed by atoms with E-state index >= 15 is 0 Å². The molecule has 4 unspecified atom stereocenters. The molecule has 0 heterocycles. The number of hydrogen-bond acceptors (Lipinski definition) is 4. The van der Waals surface area contributed by atoms with E-state index in [0.29, 0.717) is 10.8 Å². The summed E-state index contributed by atoms with van der Waals surface area (Å²) >= 11 is 6.79. The van der Waals surface area contributed by atoms with Gasteiger partial charge in [-0.05, 0) is 185 Å². The van der Waals surface area contributed by atoms with E-state index in [1.807, 2.05) is 19.1 Å². The van der Waals surface area contributed by atoms with Gasteiger partial charge in [0, 0.05) is 3.57 Å². The molecular weight excluding hydrogens is 889 g/mol. The number of carbonyl (C=O) groups is 1. The van der Waals surface area contributed by atoms with E-state index in [1.54, 1.807) is 5.57 Å². The van der Waals surface area contributed by atoms with Crippen molar-refractivity contribution < 1.29 is 19.0 Å². The van der Waals surface area contributed by atoms with E-state index in [2.05, 4.69) is 108 Å². The van der Waals surface area contributed by atoms with Crippen LogP contribution in [0.5, 0.6) is 5.75 Å². The molecule has 0 aromatic heterocycles. The third-order valence-corrected chi connectivity index (χ3v) is 14.5. The number of hydrogen-bond donors (Lipinski definition) is 0. The van der Waals surface area contributed by atoms with E-state index in [0.717, 1.165) is 64.8 Å². The van der Waals surface area contributed by atoms with Crippen LogP contribution in [-0.2, 0) is 14.3 Å². The molecule has 0 aliphatic heterocycles. The highest BCUT2D eigenvalue weighted by molar-refractivity contribution is 14.1. The largest absolute Gasteiger partial charge is 0.480 e. The molecule has 3 saturated carbocycles. The van der Waals surface area contributed by atoms with Crippen LogP contribution in [0, 0.1) is 57.0 Å². The summed E-state index contributed by atoms with van der Waals surface area (Å²) in [4.78, 5) is 12.6. The maximum atomic E-state index is 12.6. The zero-order valence-corrected chi connectivity index (χ0v) is 34.1. The fraction of sp³-hybridized carbons (Fsp3) is 0.757. The minimum absolute atomic E-state index is 0.101. The van der Waals surface area contributed by atoms with E-state index in [9.17, 15) is 4.79 Å². The fourth-order valence-corrected chi connectivity index (χ4v) is 14.0. The highest BCUT2D eigenvalue weighted by atomic mass is 127. The third kappa shape index (κ3) is 7.65. The molecule has 4 aliphatic carbocycles. The molecule has 9 atom stereocenters. The van der Waals surface area contributed by atoms with Gasteiger partial charge in [-0.2, -0.15) is 0 Å². The summed E-state index contributed by atoms with van der Waals surface area (Å²) in [5.41, 5.74) is 2.43. The van der Waals surface area contributed by atoms with Crippen LogP contribution in [0.3, 0.4) is 0 Å². The first-order valence-corrected chi connectivity index (χ1v) is 20.4. The molecule has 246 valence electrons. The van der Waals surface area contributed by atoms with Gasteiger partial charge in [-0.15, -0.1) is 0 Å². The van der Waals surface area contributed by atoms with Crippen molar-refractivity contribution in [3.05, 3.63) is 34.5 Å². The molecule has 7 heteroatoms. The van der Waals surface area contributed by atoms with Gasteiger partial charge in [0.1, 0.15) is 5.75 Å². The van der Waals surface area contributed by atoms with Gasteiger partial charge in [-0.25, -0.2) is 4.79 Å². The average molecular weight is 943 g/mol. The van der Waals surface area contributed by atoms with Gasteiger partial charge < -0.3 is 14.2 Å². The molecule has 1 aromatic carbocycles. The van der Waals surface area contributed by atoms with Crippen molar-refractivity contribution in [3.63, 3.8) is 0 Å². The molecule has 3 fully saturated rings. The first-order chi connectivity index (χ1) is 20.8. The number of halogens is 3. The first-order valence-electron chi connectivity index (χ1n) is 17.1. The maximum absolute atomic E-state index is 12.6. The summed E-state index contributed by atoms with van der Waals surface area (Å²) < 4.78 is 20.9. The normalized spacial score (nSPS) is 34.4. The lowest BCUT2D eigenvalue weighted by atomic mass is 9.47. The van der Waals surface area contributed by atoms with Crippen molar-refractivity contribution in [2.75, 3.05) is 6.61 Å². The Hall–Kier alpha value is 0.380. The lowest BCUT2D eigenvalue weighted by Gasteiger charge is -2.58. The van der Waals surface area contributed by atoms with Crippen LogP contribution in [0.15, 0.2) is 23.8 Å². The molecule has 1 aromatic rings. The lowest BCUT2D eigenvalue weighted by Crippen LogP contribution is -2.51. The van der Waals surface area contributed by atoms with Crippen molar-refractivity contribution in [1.29, 1.82) is 0 Å². The lowest BCUT2D eigenvalue weighted by molar-refractivity contribution is -0.190. The van der Waals surface area contributed by atoms with Crippen molar-refractivity contribution in [3.8, 4) is 5.75 Å². The average Bonchev–Trinajstić information content (AvgIpc) is 3.29. The monoisotopic (exact) mass is 942 g/mol. The standard InChI is InChI=1S/C37H53I3O4/c1-22(2)8-7-9-23(3)29-12-13-30-28-11-10-25-18-27(14-16-36(25,5)31(28)15-17-37(29,30)6)43-24(4)44-34(41)21-42-35-32(39)19-26(38)20-33(35)40/h10,19-20,22-24,27-31H,7-9,11-18,21H2,1-6H3/t23-,24?,27+,28?,29-,30?,31?,36+,37-/m1/s1. The van der Waals surface area contributed by atoms with E-state index in [4.69, 9.17) is 14.2 Å². The van der Waals surface area contributed by atoms with Gasteiger partial charge in [0.05, 0.1) is 13.2 Å². The Kier molecular flexibility index (Phi) is 12.1. The molecule has 0 radical (unpaired) electrons. The summed E-state index contributed by atoms with van der Waals surface area (Å²) in [7, 11) is 0. The quantitative estimate of drug-likeness (QED) is 0.0960. The van der Waals surface area contributed by atoms with Gasteiger partial charge in [-0.1, -0.05) is 65.5 Å². The second-order valence-corrected chi connectivity index (χ2v) is 18.9. The Balaban J connectivity index is 1.14. The molecule has 44 heavy (non-hydrogen) atoms. The van der Waals surface area contributed by atoms with Crippen LogP contribution in [0.4, 0.5) is 0 Å². The second-order valence-electron chi connectivity index (χ2n) is 15.3. The van der Waals surface area contributed by atoms with Crippen molar-refractivity contribution >= 4 is 73.7 Å². The SMILES string of the molecule is CC(C)CCC[C@@H](C)[C@H]1CCC2C3CC=C4C[C@@H](OC(C)OC(=O)COc5c(I)cc(I)cc5I)CC[C@]4(C)C3CC[C@@]21C. The predicted molar refractivity (Wildman–Crippen MR) is 204 cm³/mol. The molecule has 0 bridgehead atoms. The minimum atomic E-state index is -0.583. The number of esters is 1. The first kappa shape index (κ1) is 35.7. The van der Waals surface area contributed by atoms with Crippen molar-refractivity contribution in [2.45, 2.75) is 125 Å². The van der Waals surface area contributed by atoms with Crippen molar-refractivity contribution in [2.24, 2.45) is 46.3 Å². The van der Waals surface area contributed by atoms with Crippen molar-refractivity contribution in [1.82, 2.24) is 0 Å². The Morgan fingerprint density at radius 1 is 0.955 bits per heavy atom. The second kappa shape index (κ2) is 14.9. The maximum Gasteiger partial charge on any atom is 0.346 e. The molecular formula is C37H53I3O4. The minimum Gasteiger partial charge on any atom is -0.480 e. The topological polar surface area (TPSA) is 44.8 Å². The molecule has 4 nitrogen and oxygen atoms in total. The number of ether oxygens (including phenoxy) is 3. The number of benzene rings is 1. The predicted octanol–water partition coefficient (Wildman–Crippen LogP) is 11.2. The molecule has 0 saturated heterocycles. The van der Waals surface area contributed by atoms with Gasteiger partial charge >= 0.3 is 5.97 Å². The summed E-state index contributed by atoms with van der Waals surface area (Å²) in [6, 6.07) is 4.09. The molecule has 4 aliphatic rings. The van der Waals surface area contributed by atoms with Gasteiger partial charge in [0.2, 0.25) is 6.29 Å². The third-order valence-electron chi connectivity index (χ3n) is 12.2. The zero-order chi connectivity index (χ0) is 31.8. The zero-order valence-electron chi connectivity index (χ0n) is 27.6. The van der Waals surface area contributed by atoms with Gasteiger partial charge in [-0.3, -0.25) is 0 Å². The summed E-state index contributed by atoms with van der Waals surface area (Å²) in [6.07, 6.45) is 16.4. The smallest absolute Gasteiger partial charge is 0.346 e. The Labute approximate surface area is 307 Å². The number of allylic oxidation sites excluding steroid dienone is 1. The fourth-order valence-electron chi connectivity index (χ4n) is 10.1. The van der Waals surface area contributed by atoms with Crippen LogP contribution in [-0.4, -0.2) is 25.0 Å². The summed E-state index contributed by atoms with van der Waals surface area (Å²) in [5, 5.41) is 0. The van der Waals surface area contributed by atoms with E-state index < -0.39 is 12.3 Å². The summed E-state index contributed by atoms with van der Waals surface area (Å²) in [6.45, 7) is 14.3. The van der Waals surface area contributed by atoms with Gasteiger partial charge in [0.15, 0.2) is 6.61 Å². The Morgan fingerprint density at radius 2 is 1.68 bits per heavy atom. The molecule has 0 amide bonds. The highest BCUT2D eigenvalue weighted by Gasteiger charge is 2.59. The molecule has 0 N–H and O–H groups in total. The van der Waals surface area contributed by atoms with Crippen LogP contribution in [0.1, 0.15) is 112 Å². The van der Waals surface area contributed by atoms with Gasteiger partial charge in [0.25, 0.3) is 0 Å². The Morgan fingerprint density at radius 3 is 2.39 bits per heavy atom. The number of fused-ring (bicyclic) bond motifs is 5. The summed E-state index contributed by atoms with van der Waals surface area (Å²) in [5.74, 6) is 5.45. The number of carbonyl (C=O) groups excluding carboxylic acids is 1. The van der Waals surface area contributed by atoms with Crippen LogP contribution < -0.4 is 4.74 Å². The van der Waals surface area contributed by atoms with E-state index in [-0.39, 0.29) is 12.7 Å².